The Hall–Kier alpha value is -5.62. The molecule has 12 heteroatoms. The molecular formula is C32H31F2N7O3. The number of aromatic nitrogens is 2. The highest BCUT2D eigenvalue weighted by Crippen LogP contribution is 2.28. The lowest BCUT2D eigenvalue weighted by Gasteiger charge is -2.19. The first-order valence-electron chi connectivity index (χ1n) is 13.5. The number of nitrogens with two attached hydrogens (primary N) is 2. The highest BCUT2D eigenvalue weighted by atomic mass is 19.2. The van der Waals surface area contributed by atoms with Gasteiger partial charge in [0.15, 0.2) is 11.6 Å². The highest BCUT2D eigenvalue weighted by Gasteiger charge is 2.22. The minimum absolute atomic E-state index is 0.0637. The Bertz CT molecular complexity index is 1710. The molecule has 226 valence electrons. The standard InChI is InChI=1S/C32H31F2N7O3/c1-2-41(20-22-10-11-26(33)27(34)16-22)31(43)25(18-36)30(42)37-13-6-7-21-15-23-19-38-32(39-24-8-4-3-5-9-24)40-29(23)28(17-21)44-14-12-35/h2-11,15-19H,1,12-14,20,35-36H2,(H,37,42)(H,38,39,40)/b7-6+,25-18-. The molecule has 4 rings (SSSR count). The molecule has 3 aromatic carbocycles. The number of nitrogens with one attached hydrogen (secondary N) is 2. The number of anilines is 2. The van der Waals surface area contributed by atoms with Crippen molar-refractivity contribution in [2.24, 2.45) is 11.5 Å². The fourth-order valence-electron chi connectivity index (χ4n) is 4.12. The maximum Gasteiger partial charge on any atom is 0.265 e. The second-order valence-corrected chi connectivity index (χ2v) is 9.34. The lowest BCUT2D eigenvalue weighted by Crippen LogP contribution is -2.35. The zero-order valence-electron chi connectivity index (χ0n) is 23.7. The van der Waals surface area contributed by atoms with Crippen LogP contribution in [-0.2, 0) is 16.1 Å². The van der Waals surface area contributed by atoms with Gasteiger partial charge in [-0.1, -0.05) is 43.0 Å². The van der Waals surface area contributed by atoms with Crippen LogP contribution in [0.4, 0.5) is 20.4 Å². The Balaban J connectivity index is 1.43. The van der Waals surface area contributed by atoms with Gasteiger partial charge in [0.2, 0.25) is 5.95 Å². The van der Waals surface area contributed by atoms with E-state index in [9.17, 15) is 18.4 Å². The molecule has 0 aliphatic carbocycles. The van der Waals surface area contributed by atoms with Gasteiger partial charge in [-0.25, -0.2) is 18.7 Å². The maximum atomic E-state index is 13.6. The van der Waals surface area contributed by atoms with Crippen molar-refractivity contribution in [1.29, 1.82) is 0 Å². The fraction of sp³-hybridized carbons (Fsp3) is 0.125. The molecular weight excluding hydrogens is 568 g/mol. The van der Waals surface area contributed by atoms with Gasteiger partial charge in [-0.3, -0.25) is 9.59 Å². The number of hydrogen-bond donors (Lipinski definition) is 4. The lowest BCUT2D eigenvalue weighted by atomic mass is 10.1. The number of para-hydroxylation sites is 1. The quantitative estimate of drug-likeness (QED) is 0.102. The normalized spacial score (nSPS) is 11.4. The summed E-state index contributed by atoms with van der Waals surface area (Å²) in [5, 5.41) is 6.51. The van der Waals surface area contributed by atoms with Crippen LogP contribution in [0.25, 0.3) is 17.0 Å². The Kier molecular flexibility index (Phi) is 10.7. The number of carbonyl (C=O) groups is 2. The monoisotopic (exact) mass is 599 g/mol. The van der Waals surface area contributed by atoms with Crippen LogP contribution in [-0.4, -0.2) is 46.4 Å². The zero-order chi connectivity index (χ0) is 31.5. The number of rotatable bonds is 13. The van der Waals surface area contributed by atoms with Gasteiger partial charge in [-0.2, -0.15) is 0 Å². The predicted molar refractivity (Wildman–Crippen MR) is 165 cm³/mol. The number of halogens is 2. The summed E-state index contributed by atoms with van der Waals surface area (Å²) in [6.45, 7) is 4.08. The molecule has 4 aromatic rings. The maximum absolute atomic E-state index is 13.6. The van der Waals surface area contributed by atoms with E-state index in [2.05, 4.69) is 27.2 Å². The van der Waals surface area contributed by atoms with Gasteiger partial charge in [0.1, 0.15) is 23.4 Å². The number of ether oxygens (including phenoxy) is 1. The first kappa shape index (κ1) is 31.3. The van der Waals surface area contributed by atoms with Crippen molar-refractivity contribution in [2.45, 2.75) is 6.54 Å². The first-order chi connectivity index (χ1) is 21.3. The topological polar surface area (TPSA) is 148 Å². The van der Waals surface area contributed by atoms with Crippen LogP contribution in [0.2, 0.25) is 0 Å². The summed E-state index contributed by atoms with van der Waals surface area (Å²) in [5.74, 6) is -2.63. The van der Waals surface area contributed by atoms with Gasteiger partial charge in [-0.15, -0.1) is 0 Å². The van der Waals surface area contributed by atoms with E-state index < -0.39 is 23.4 Å². The average molecular weight is 600 g/mol. The summed E-state index contributed by atoms with van der Waals surface area (Å²) in [5.41, 5.74) is 13.4. The van der Waals surface area contributed by atoms with Crippen LogP contribution in [0.15, 0.2) is 97.5 Å². The third-order valence-corrected chi connectivity index (χ3v) is 6.23. The number of carbonyl (C=O) groups excluding carboxylic acids is 2. The van der Waals surface area contributed by atoms with Gasteiger partial charge in [0, 0.05) is 42.8 Å². The number of hydrogen-bond acceptors (Lipinski definition) is 8. The van der Waals surface area contributed by atoms with Crippen molar-refractivity contribution in [3.05, 3.63) is 120 Å². The predicted octanol–water partition coefficient (Wildman–Crippen LogP) is 4.13. The number of benzene rings is 3. The van der Waals surface area contributed by atoms with Gasteiger partial charge in [0.25, 0.3) is 11.8 Å². The Labute approximate surface area is 252 Å². The van der Waals surface area contributed by atoms with E-state index in [0.717, 1.165) is 39.9 Å². The van der Waals surface area contributed by atoms with Crippen LogP contribution in [0.1, 0.15) is 11.1 Å². The van der Waals surface area contributed by atoms with E-state index in [4.69, 9.17) is 16.2 Å². The number of fused-ring (bicyclic) bond motifs is 1. The molecule has 0 unspecified atom stereocenters. The van der Waals surface area contributed by atoms with Crippen LogP contribution in [0.3, 0.4) is 0 Å². The van der Waals surface area contributed by atoms with Gasteiger partial charge >= 0.3 is 0 Å². The molecule has 1 heterocycles. The highest BCUT2D eigenvalue weighted by molar-refractivity contribution is 6.18. The molecule has 0 saturated carbocycles. The van der Waals surface area contributed by atoms with Crippen molar-refractivity contribution in [3.8, 4) is 5.75 Å². The van der Waals surface area contributed by atoms with Crippen LogP contribution in [0, 0.1) is 11.6 Å². The van der Waals surface area contributed by atoms with Crippen molar-refractivity contribution in [3.63, 3.8) is 0 Å². The molecule has 0 aliphatic heterocycles. The summed E-state index contributed by atoms with van der Waals surface area (Å²) in [7, 11) is 0. The van der Waals surface area contributed by atoms with Crippen molar-refractivity contribution in [2.75, 3.05) is 25.0 Å². The van der Waals surface area contributed by atoms with Gasteiger partial charge in [0.05, 0.1) is 6.54 Å². The average Bonchev–Trinajstić information content (AvgIpc) is 3.03. The summed E-state index contributed by atoms with van der Waals surface area (Å²) in [6, 6.07) is 16.4. The molecule has 0 radical (unpaired) electrons. The van der Waals surface area contributed by atoms with Crippen molar-refractivity contribution < 1.29 is 23.1 Å². The van der Waals surface area contributed by atoms with Crippen LogP contribution >= 0.6 is 0 Å². The third-order valence-electron chi connectivity index (χ3n) is 6.23. The molecule has 44 heavy (non-hydrogen) atoms. The second kappa shape index (κ2) is 15.0. The van der Waals surface area contributed by atoms with E-state index in [1.54, 1.807) is 24.4 Å². The molecule has 2 amide bonds. The Morgan fingerprint density at radius 2 is 1.86 bits per heavy atom. The van der Waals surface area contributed by atoms with E-state index >= 15 is 0 Å². The third kappa shape index (κ3) is 8.01. The summed E-state index contributed by atoms with van der Waals surface area (Å²) in [6.07, 6.45) is 7.18. The van der Waals surface area contributed by atoms with E-state index in [1.807, 2.05) is 36.4 Å². The van der Waals surface area contributed by atoms with Crippen LogP contribution in [0.5, 0.6) is 5.75 Å². The molecule has 6 N–H and O–H groups in total. The minimum atomic E-state index is -1.06. The molecule has 0 atom stereocenters. The molecule has 0 aliphatic rings. The van der Waals surface area contributed by atoms with E-state index in [1.165, 1.54) is 12.3 Å². The van der Waals surface area contributed by atoms with Crippen LogP contribution < -0.4 is 26.8 Å². The van der Waals surface area contributed by atoms with Gasteiger partial charge < -0.3 is 31.7 Å². The Morgan fingerprint density at radius 1 is 1.07 bits per heavy atom. The SMILES string of the molecule is C=CN(Cc1ccc(F)c(F)c1)C(=O)/C(=C\N)C(=O)NC/C=C/c1cc(OCCN)c2nc(Nc3ccccc3)ncc2c1. The van der Waals surface area contributed by atoms with Gasteiger partial charge in [-0.05, 0) is 47.5 Å². The van der Waals surface area contributed by atoms with E-state index in [-0.39, 0.29) is 25.3 Å². The molecule has 1 aromatic heterocycles. The summed E-state index contributed by atoms with van der Waals surface area (Å²) in [4.78, 5) is 35.8. The molecule has 0 fully saturated rings. The molecule has 0 bridgehead atoms. The number of nitrogens with zero attached hydrogens (tertiary/aromatic N) is 3. The molecule has 10 nitrogen and oxygen atoms in total. The Morgan fingerprint density at radius 3 is 2.57 bits per heavy atom. The van der Waals surface area contributed by atoms with Crippen molar-refractivity contribution in [1.82, 2.24) is 20.2 Å². The molecule has 0 saturated heterocycles. The first-order valence-corrected chi connectivity index (χ1v) is 13.5. The lowest BCUT2D eigenvalue weighted by molar-refractivity contribution is -0.128. The smallest absolute Gasteiger partial charge is 0.265 e. The largest absolute Gasteiger partial charge is 0.490 e. The fourth-order valence-corrected chi connectivity index (χ4v) is 4.12. The summed E-state index contributed by atoms with van der Waals surface area (Å²) < 4.78 is 32.7. The molecule has 0 spiro atoms. The number of amides is 2. The summed E-state index contributed by atoms with van der Waals surface area (Å²) >= 11 is 0. The van der Waals surface area contributed by atoms with E-state index in [0.29, 0.717) is 29.3 Å². The minimum Gasteiger partial charge on any atom is -0.490 e. The zero-order valence-corrected chi connectivity index (χ0v) is 23.7. The second-order valence-electron chi connectivity index (χ2n) is 9.34. The van der Waals surface area contributed by atoms with Crippen molar-refractivity contribution >= 4 is 40.4 Å².